The van der Waals surface area contributed by atoms with Crippen molar-refractivity contribution in [1.29, 1.82) is 0 Å². The summed E-state index contributed by atoms with van der Waals surface area (Å²) in [6.45, 7) is 1.64. The number of rotatable bonds is 4. The minimum atomic E-state index is 0.0192. The number of nitrogens with zero attached hydrogens (tertiary/aromatic N) is 2. The number of hydrogen-bond donors (Lipinski definition) is 0. The average molecular weight is 336 g/mol. The first-order chi connectivity index (χ1) is 11.8. The summed E-state index contributed by atoms with van der Waals surface area (Å²) >= 11 is 1.72. The number of benzene rings is 1. The molecule has 0 saturated carbocycles. The number of aryl methyl sites for hydroxylation is 1. The molecule has 3 heterocycles. The van der Waals surface area contributed by atoms with Crippen LogP contribution >= 0.6 is 11.3 Å². The Morgan fingerprint density at radius 2 is 1.92 bits per heavy atom. The minimum Gasteiger partial charge on any atom is -0.348 e. The molecule has 0 radical (unpaired) electrons. The predicted molar refractivity (Wildman–Crippen MR) is 97.1 cm³/mol. The Kier molecular flexibility index (Phi) is 4.22. The van der Waals surface area contributed by atoms with Gasteiger partial charge in [0.15, 0.2) is 0 Å². The van der Waals surface area contributed by atoms with Crippen LogP contribution in [0.2, 0.25) is 0 Å². The normalized spacial score (nSPS) is 16.8. The fraction of sp³-hybridized carbons (Fsp3) is 0.250. The highest BCUT2D eigenvalue weighted by molar-refractivity contribution is 7.09. The molecule has 0 fully saturated rings. The van der Waals surface area contributed by atoms with Crippen molar-refractivity contribution in [3.8, 4) is 0 Å². The van der Waals surface area contributed by atoms with Gasteiger partial charge in [-0.1, -0.05) is 36.4 Å². The Morgan fingerprint density at radius 1 is 1.04 bits per heavy atom. The molecule has 1 aliphatic heterocycles. The Labute approximate surface area is 146 Å². The lowest BCUT2D eigenvalue weighted by Crippen LogP contribution is -2.42. The maximum absolute atomic E-state index is 12.9. The van der Waals surface area contributed by atoms with Gasteiger partial charge in [-0.15, -0.1) is 11.3 Å². The molecule has 24 heavy (non-hydrogen) atoms. The van der Waals surface area contributed by atoms with Crippen LogP contribution in [0.1, 0.15) is 28.6 Å². The van der Waals surface area contributed by atoms with Crippen LogP contribution in [-0.2, 0) is 17.8 Å². The van der Waals surface area contributed by atoms with E-state index in [4.69, 9.17) is 0 Å². The van der Waals surface area contributed by atoms with Gasteiger partial charge in [0, 0.05) is 36.3 Å². The van der Waals surface area contributed by atoms with Gasteiger partial charge >= 0.3 is 0 Å². The number of carbonyl (C=O) groups is 1. The molecule has 0 spiro atoms. The van der Waals surface area contributed by atoms with Crippen LogP contribution in [0.5, 0.6) is 0 Å². The standard InChI is InChI=1S/C20H20N2OS/c23-19(11-10-17-8-5-15-24-17)22-14-13-21-12-4-9-18(21)20(22)16-6-2-1-3-7-16/h1-9,12,15,20H,10-11,13-14H2. The van der Waals surface area contributed by atoms with E-state index in [0.717, 1.165) is 19.5 Å². The van der Waals surface area contributed by atoms with Crippen molar-refractivity contribution in [3.05, 3.63) is 82.3 Å². The summed E-state index contributed by atoms with van der Waals surface area (Å²) in [5.74, 6) is 0.240. The van der Waals surface area contributed by atoms with E-state index in [2.05, 4.69) is 51.4 Å². The van der Waals surface area contributed by atoms with Gasteiger partial charge in [0.1, 0.15) is 0 Å². The Hall–Kier alpha value is -2.33. The SMILES string of the molecule is O=C(CCc1cccs1)N1CCn2cccc2C1c1ccccc1. The first kappa shape index (κ1) is 15.2. The van der Waals surface area contributed by atoms with Gasteiger partial charge in [-0.2, -0.15) is 0 Å². The summed E-state index contributed by atoms with van der Waals surface area (Å²) in [6.07, 6.45) is 3.51. The average Bonchev–Trinajstić information content (AvgIpc) is 3.30. The first-order valence-electron chi connectivity index (χ1n) is 8.35. The Morgan fingerprint density at radius 3 is 2.71 bits per heavy atom. The quantitative estimate of drug-likeness (QED) is 0.704. The van der Waals surface area contributed by atoms with E-state index in [0.29, 0.717) is 6.42 Å². The molecule has 0 aliphatic carbocycles. The van der Waals surface area contributed by atoms with E-state index in [1.165, 1.54) is 16.1 Å². The lowest BCUT2D eigenvalue weighted by Gasteiger charge is -2.37. The zero-order chi connectivity index (χ0) is 16.4. The van der Waals surface area contributed by atoms with Crippen LogP contribution in [0.4, 0.5) is 0 Å². The monoisotopic (exact) mass is 336 g/mol. The summed E-state index contributed by atoms with van der Waals surface area (Å²) in [6, 6.07) is 18.7. The van der Waals surface area contributed by atoms with Crippen LogP contribution in [0.3, 0.4) is 0 Å². The number of carbonyl (C=O) groups excluding carboxylic acids is 1. The van der Waals surface area contributed by atoms with E-state index in [-0.39, 0.29) is 11.9 Å². The van der Waals surface area contributed by atoms with Crippen LogP contribution < -0.4 is 0 Å². The fourth-order valence-corrected chi connectivity index (χ4v) is 4.18. The second-order valence-corrected chi connectivity index (χ2v) is 7.14. The molecule has 1 amide bonds. The maximum Gasteiger partial charge on any atom is 0.223 e. The zero-order valence-corrected chi connectivity index (χ0v) is 14.3. The van der Waals surface area contributed by atoms with Crippen molar-refractivity contribution in [2.45, 2.75) is 25.4 Å². The van der Waals surface area contributed by atoms with Gasteiger partial charge in [-0.25, -0.2) is 0 Å². The molecule has 1 aliphatic rings. The van der Waals surface area contributed by atoms with Crippen LogP contribution in [0.15, 0.2) is 66.2 Å². The molecule has 0 N–H and O–H groups in total. The van der Waals surface area contributed by atoms with E-state index in [9.17, 15) is 4.79 Å². The molecular formula is C20H20N2OS. The van der Waals surface area contributed by atoms with Crippen LogP contribution in [0.25, 0.3) is 0 Å². The van der Waals surface area contributed by atoms with Gasteiger partial charge in [0.05, 0.1) is 6.04 Å². The predicted octanol–water partition coefficient (Wildman–Crippen LogP) is 4.11. The van der Waals surface area contributed by atoms with Crippen molar-refractivity contribution in [3.63, 3.8) is 0 Å². The molecule has 2 aromatic heterocycles. The molecule has 4 heteroatoms. The zero-order valence-electron chi connectivity index (χ0n) is 13.5. The second-order valence-electron chi connectivity index (χ2n) is 6.11. The fourth-order valence-electron chi connectivity index (χ4n) is 3.47. The molecular weight excluding hydrogens is 316 g/mol. The number of fused-ring (bicyclic) bond motifs is 1. The third-order valence-electron chi connectivity index (χ3n) is 4.64. The summed E-state index contributed by atoms with van der Waals surface area (Å²) in [5, 5.41) is 2.07. The molecule has 3 aromatic rings. The third kappa shape index (κ3) is 2.89. The van der Waals surface area contributed by atoms with Crippen molar-refractivity contribution in [2.24, 2.45) is 0 Å². The molecule has 4 rings (SSSR count). The Balaban J connectivity index is 1.60. The highest BCUT2D eigenvalue weighted by atomic mass is 32.1. The number of thiophene rings is 1. The smallest absolute Gasteiger partial charge is 0.223 e. The van der Waals surface area contributed by atoms with Gasteiger partial charge in [-0.3, -0.25) is 4.79 Å². The van der Waals surface area contributed by atoms with Gasteiger partial charge < -0.3 is 9.47 Å². The number of amides is 1. The summed E-state index contributed by atoms with van der Waals surface area (Å²) in [5.41, 5.74) is 2.39. The second kappa shape index (κ2) is 6.65. The maximum atomic E-state index is 12.9. The van der Waals surface area contributed by atoms with E-state index >= 15 is 0 Å². The number of hydrogen-bond acceptors (Lipinski definition) is 2. The lowest BCUT2D eigenvalue weighted by molar-refractivity contribution is -0.133. The topological polar surface area (TPSA) is 25.2 Å². The molecule has 0 saturated heterocycles. The van der Waals surface area contributed by atoms with E-state index < -0.39 is 0 Å². The van der Waals surface area contributed by atoms with Crippen molar-refractivity contribution in [2.75, 3.05) is 6.54 Å². The molecule has 3 nitrogen and oxygen atoms in total. The highest BCUT2D eigenvalue weighted by Crippen LogP contribution is 2.32. The lowest BCUT2D eigenvalue weighted by atomic mass is 9.99. The van der Waals surface area contributed by atoms with Gasteiger partial charge in [0.25, 0.3) is 0 Å². The van der Waals surface area contributed by atoms with E-state index in [1.807, 2.05) is 24.3 Å². The molecule has 1 atom stereocenters. The van der Waals surface area contributed by atoms with Crippen molar-refractivity contribution < 1.29 is 4.79 Å². The van der Waals surface area contributed by atoms with Gasteiger partial charge in [0.2, 0.25) is 5.91 Å². The first-order valence-corrected chi connectivity index (χ1v) is 9.23. The summed E-state index contributed by atoms with van der Waals surface area (Å²) in [7, 11) is 0. The molecule has 122 valence electrons. The molecule has 1 aromatic carbocycles. The van der Waals surface area contributed by atoms with Crippen LogP contribution in [0, 0.1) is 0 Å². The third-order valence-corrected chi connectivity index (χ3v) is 5.58. The Bertz CT molecular complexity index is 807. The summed E-state index contributed by atoms with van der Waals surface area (Å²) < 4.78 is 2.26. The molecule has 0 bridgehead atoms. The number of aromatic nitrogens is 1. The highest BCUT2D eigenvalue weighted by Gasteiger charge is 2.31. The van der Waals surface area contributed by atoms with Crippen molar-refractivity contribution >= 4 is 17.2 Å². The van der Waals surface area contributed by atoms with Crippen LogP contribution in [-0.4, -0.2) is 21.9 Å². The van der Waals surface area contributed by atoms with Gasteiger partial charge in [-0.05, 0) is 35.6 Å². The largest absolute Gasteiger partial charge is 0.348 e. The molecule has 1 unspecified atom stereocenters. The summed E-state index contributed by atoms with van der Waals surface area (Å²) in [4.78, 5) is 16.3. The van der Waals surface area contributed by atoms with E-state index in [1.54, 1.807) is 11.3 Å². The van der Waals surface area contributed by atoms with Crippen molar-refractivity contribution in [1.82, 2.24) is 9.47 Å². The minimum absolute atomic E-state index is 0.0192.